The van der Waals surface area contributed by atoms with Crippen LogP contribution in [-0.4, -0.2) is 26.3 Å². The van der Waals surface area contributed by atoms with Crippen LogP contribution in [0.1, 0.15) is 19.0 Å². The van der Waals surface area contributed by atoms with Crippen molar-refractivity contribution in [2.24, 2.45) is 7.05 Å². The zero-order chi connectivity index (χ0) is 12.8. The summed E-state index contributed by atoms with van der Waals surface area (Å²) in [6, 6.07) is 6.05. The number of aryl methyl sites for hydroxylation is 1. The Balaban J connectivity index is 1.95. The fourth-order valence-corrected chi connectivity index (χ4v) is 2.26. The fraction of sp³-hybridized carbons (Fsp3) is 0.417. The lowest BCUT2D eigenvalue weighted by Gasteiger charge is -2.06. The molecule has 96 valence electrons. The second-order valence-corrected chi connectivity index (χ2v) is 4.84. The molecule has 0 aromatic carbocycles. The maximum absolute atomic E-state index is 4.55. The van der Waals surface area contributed by atoms with E-state index >= 15 is 0 Å². The van der Waals surface area contributed by atoms with Gasteiger partial charge >= 0.3 is 0 Å². The van der Waals surface area contributed by atoms with E-state index in [1.54, 1.807) is 22.8 Å². The monoisotopic (exact) mass is 263 g/mol. The quantitative estimate of drug-likeness (QED) is 0.811. The molecule has 5 nitrogen and oxygen atoms in total. The van der Waals surface area contributed by atoms with Crippen LogP contribution in [0.4, 0.5) is 5.82 Å². The molecule has 18 heavy (non-hydrogen) atoms. The molecule has 0 fully saturated rings. The number of rotatable bonds is 6. The highest BCUT2D eigenvalue weighted by Crippen LogP contribution is 2.19. The Bertz CT molecular complexity index is 497. The van der Waals surface area contributed by atoms with E-state index in [9.17, 15) is 0 Å². The first-order chi connectivity index (χ1) is 8.79. The predicted octanol–water partition coefficient (Wildman–Crippen LogP) is 2.32. The molecule has 6 heteroatoms. The number of pyridine rings is 1. The Hall–Kier alpha value is -1.56. The van der Waals surface area contributed by atoms with Crippen LogP contribution in [0, 0.1) is 0 Å². The van der Waals surface area contributed by atoms with Gasteiger partial charge in [0.1, 0.15) is 12.1 Å². The summed E-state index contributed by atoms with van der Waals surface area (Å²) in [7, 11) is 1.89. The van der Waals surface area contributed by atoms with Crippen LogP contribution >= 0.6 is 11.8 Å². The first kappa shape index (κ1) is 12.9. The van der Waals surface area contributed by atoms with Crippen LogP contribution in [-0.2, 0) is 12.8 Å². The number of thioether (sulfide) groups is 1. The van der Waals surface area contributed by atoms with Gasteiger partial charge in [-0.2, -0.15) is 5.10 Å². The normalized spacial score (nSPS) is 10.6. The molecule has 0 atom stereocenters. The Kier molecular flexibility index (Phi) is 4.58. The maximum Gasteiger partial charge on any atom is 0.186 e. The molecule has 0 bridgehead atoms. The van der Waals surface area contributed by atoms with Crippen LogP contribution in [0.5, 0.6) is 0 Å². The van der Waals surface area contributed by atoms with Crippen LogP contribution in [0.3, 0.4) is 0 Å². The molecule has 0 unspecified atom stereocenters. The molecule has 2 aromatic rings. The number of anilines is 1. The summed E-state index contributed by atoms with van der Waals surface area (Å²) in [6.45, 7) is 3.09. The molecule has 2 aromatic heterocycles. The molecule has 1 N–H and O–H groups in total. The van der Waals surface area contributed by atoms with Gasteiger partial charge in [0.2, 0.25) is 0 Å². The van der Waals surface area contributed by atoms with Crippen molar-refractivity contribution in [3.05, 3.63) is 30.2 Å². The third-order valence-corrected chi connectivity index (χ3v) is 3.45. The van der Waals surface area contributed by atoms with Crippen molar-refractivity contribution in [2.75, 3.05) is 11.9 Å². The van der Waals surface area contributed by atoms with Gasteiger partial charge in [0.15, 0.2) is 5.16 Å². The molecule has 0 aliphatic heterocycles. The summed E-state index contributed by atoms with van der Waals surface area (Å²) in [5.74, 6) is 1.74. The molecule has 0 aliphatic rings. The number of nitrogens with zero attached hydrogens (tertiary/aromatic N) is 4. The van der Waals surface area contributed by atoms with Crippen molar-refractivity contribution in [2.45, 2.75) is 24.3 Å². The first-order valence-corrected chi connectivity index (χ1v) is 6.94. The van der Waals surface area contributed by atoms with Gasteiger partial charge in [-0.25, -0.2) is 14.6 Å². The van der Waals surface area contributed by atoms with Gasteiger partial charge in [0.25, 0.3) is 0 Å². The standard InChI is InChI=1S/C12H17N5S/c1-3-7-13-11-6-4-5-10(16-11)8-18-12-14-9-15-17(12)2/h4-6,9H,3,7-8H2,1-2H3,(H,13,16). The minimum atomic E-state index is 0.800. The molecule has 0 radical (unpaired) electrons. The summed E-state index contributed by atoms with van der Waals surface area (Å²) in [5, 5.41) is 8.23. The first-order valence-electron chi connectivity index (χ1n) is 5.96. The van der Waals surface area contributed by atoms with Gasteiger partial charge in [0.05, 0.1) is 5.69 Å². The van der Waals surface area contributed by atoms with Crippen LogP contribution in [0.15, 0.2) is 29.7 Å². The third-order valence-electron chi connectivity index (χ3n) is 2.38. The Morgan fingerprint density at radius 3 is 3.00 bits per heavy atom. The highest BCUT2D eigenvalue weighted by atomic mass is 32.2. The minimum Gasteiger partial charge on any atom is -0.370 e. The van der Waals surface area contributed by atoms with Crippen LogP contribution in [0.2, 0.25) is 0 Å². The molecule has 0 aliphatic carbocycles. The molecular weight excluding hydrogens is 246 g/mol. The zero-order valence-corrected chi connectivity index (χ0v) is 11.4. The molecular formula is C12H17N5S. The summed E-state index contributed by atoms with van der Waals surface area (Å²) >= 11 is 1.64. The Labute approximate surface area is 111 Å². The molecule has 0 amide bonds. The lowest BCUT2D eigenvalue weighted by Crippen LogP contribution is -2.02. The topological polar surface area (TPSA) is 55.6 Å². The summed E-state index contributed by atoms with van der Waals surface area (Å²) in [4.78, 5) is 8.72. The van der Waals surface area contributed by atoms with E-state index in [-0.39, 0.29) is 0 Å². The van der Waals surface area contributed by atoms with E-state index in [1.807, 2.05) is 25.2 Å². The number of nitrogens with one attached hydrogen (secondary N) is 1. The van der Waals surface area contributed by atoms with E-state index in [4.69, 9.17) is 0 Å². The van der Waals surface area contributed by atoms with Crippen LogP contribution < -0.4 is 5.32 Å². The molecule has 2 heterocycles. The Morgan fingerprint density at radius 2 is 2.28 bits per heavy atom. The number of aromatic nitrogens is 4. The van der Waals surface area contributed by atoms with Crippen molar-refractivity contribution < 1.29 is 0 Å². The molecule has 0 saturated heterocycles. The smallest absolute Gasteiger partial charge is 0.186 e. The molecule has 0 saturated carbocycles. The van der Waals surface area contributed by atoms with Crippen molar-refractivity contribution in [3.8, 4) is 0 Å². The predicted molar refractivity (Wildman–Crippen MR) is 73.6 cm³/mol. The maximum atomic E-state index is 4.55. The van der Waals surface area contributed by atoms with E-state index in [0.717, 1.165) is 35.4 Å². The summed E-state index contributed by atoms with van der Waals surface area (Å²) in [5.41, 5.74) is 1.05. The van der Waals surface area contributed by atoms with Crippen molar-refractivity contribution in [1.29, 1.82) is 0 Å². The third kappa shape index (κ3) is 3.46. The van der Waals surface area contributed by atoms with Crippen molar-refractivity contribution in [3.63, 3.8) is 0 Å². The van der Waals surface area contributed by atoms with Crippen molar-refractivity contribution >= 4 is 17.6 Å². The average molecular weight is 263 g/mol. The van der Waals surface area contributed by atoms with Gasteiger partial charge in [0, 0.05) is 19.3 Å². The van der Waals surface area contributed by atoms with E-state index in [2.05, 4.69) is 27.3 Å². The SMILES string of the molecule is CCCNc1cccc(CSc2ncnn2C)n1. The van der Waals surface area contributed by atoms with Crippen molar-refractivity contribution in [1.82, 2.24) is 19.7 Å². The lowest BCUT2D eigenvalue weighted by atomic mass is 10.3. The molecule has 2 rings (SSSR count). The van der Waals surface area contributed by atoms with E-state index in [1.165, 1.54) is 0 Å². The summed E-state index contributed by atoms with van der Waals surface area (Å²) < 4.78 is 1.77. The molecule has 0 spiro atoms. The van der Waals surface area contributed by atoms with E-state index < -0.39 is 0 Å². The lowest BCUT2D eigenvalue weighted by molar-refractivity contribution is 0.685. The van der Waals surface area contributed by atoms with Gasteiger partial charge in [-0.15, -0.1) is 0 Å². The average Bonchev–Trinajstić information content (AvgIpc) is 2.80. The van der Waals surface area contributed by atoms with Crippen LogP contribution in [0.25, 0.3) is 0 Å². The highest BCUT2D eigenvalue weighted by Gasteiger charge is 2.03. The highest BCUT2D eigenvalue weighted by molar-refractivity contribution is 7.98. The minimum absolute atomic E-state index is 0.800. The summed E-state index contributed by atoms with van der Waals surface area (Å²) in [6.07, 6.45) is 2.66. The Morgan fingerprint density at radius 1 is 1.39 bits per heavy atom. The largest absolute Gasteiger partial charge is 0.370 e. The zero-order valence-electron chi connectivity index (χ0n) is 10.6. The van der Waals surface area contributed by atoms with Gasteiger partial charge in [-0.1, -0.05) is 24.8 Å². The second-order valence-electron chi connectivity index (χ2n) is 3.90. The fourth-order valence-electron chi connectivity index (χ4n) is 1.47. The number of hydrogen-bond acceptors (Lipinski definition) is 5. The van der Waals surface area contributed by atoms with Gasteiger partial charge in [-0.05, 0) is 18.6 Å². The van der Waals surface area contributed by atoms with Gasteiger partial charge in [-0.3, -0.25) is 0 Å². The van der Waals surface area contributed by atoms with Gasteiger partial charge < -0.3 is 5.32 Å². The van der Waals surface area contributed by atoms with E-state index in [0.29, 0.717) is 0 Å². The second kappa shape index (κ2) is 6.39. The number of hydrogen-bond donors (Lipinski definition) is 1.